The molecule has 3 aromatic rings. The van der Waals surface area contributed by atoms with Crippen molar-refractivity contribution in [2.45, 2.75) is 66.7 Å². The Bertz CT molecular complexity index is 1550. The van der Waals surface area contributed by atoms with Crippen molar-refractivity contribution in [2.75, 3.05) is 10.6 Å². The molecular formula is C30H34FNO5S. The number of carbonyl (C=O) groups is 1. The molecule has 0 unspecified atom stereocenters. The maximum atomic E-state index is 15.2. The van der Waals surface area contributed by atoms with Crippen LogP contribution in [-0.2, 0) is 26.1 Å². The van der Waals surface area contributed by atoms with E-state index in [4.69, 9.17) is 4.74 Å². The van der Waals surface area contributed by atoms with E-state index in [0.29, 0.717) is 44.6 Å². The van der Waals surface area contributed by atoms with Gasteiger partial charge in [0, 0.05) is 16.7 Å². The van der Waals surface area contributed by atoms with Gasteiger partial charge < -0.3 is 9.84 Å². The molecule has 4 rings (SSSR count). The number of aryl methyl sites for hydroxylation is 2. The van der Waals surface area contributed by atoms with Crippen LogP contribution in [0, 0.1) is 33.5 Å². The van der Waals surface area contributed by atoms with Crippen molar-refractivity contribution < 1.29 is 27.4 Å². The lowest BCUT2D eigenvalue weighted by atomic mass is 9.79. The SMILES string of the molecule is Cc1ccc(-c2c(C)c3c(c(C)c2[C@H](OC(C)(C)C)C(=O)O)N(S(C)(=O)=O)Cc2c(F)ccc(C)c2-3)cc1. The monoisotopic (exact) mass is 539 g/mol. The van der Waals surface area contributed by atoms with Gasteiger partial charge in [0.1, 0.15) is 5.82 Å². The van der Waals surface area contributed by atoms with E-state index in [-0.39, 0.29) is 6.54 Å². The van der Waals surface area contributed by atoms with Crippen LogP contribution in [0.15, 0.2) is 36.4 Å². The van der Waals surface area contributed by atoms with Crippen LogP contribution in [0.5, 0.6) is 0 Å². The highest BCUT2D eigenvalue weighted by atomic mass is 32.2. The Balaban J connectivity index is 2.25. The summed E-state index contributed by atoms with van der Waals surface area (Å²) in [5.41, 5.74) is 5.87. The molecule has 0 amide bonds. The second-order valence-electron chi connectivity index (χ2n) is 11.1. The summed E-state index contributed by atoms with van der Waals surface area (Å²) in [7, 11) is -3.85. The fourth-order valence-electron chi connectivity index (χ4n) is 5.38. The van der Waals surface area contributed by atoms with Gasteiger partial charge in [-0.3, -0.25) is 4.31 Å². The number of anilines is 1. The summed E-state index contributed by atoms with van der Waals surface area (Å²) in [6.07, 6.45) is -0.287. The number of benzene rings is 3. The van der Waals surface area contributed by atoms with E-state index in [1.807, 2.05) is 45.0 Å². The molecule has 38 heavy (non-hydrogen) atoms. The Morgan fingerprint density at radius 1 is 0.974 bits per heavy atom. The van der Waals surface area contributed by atoms with Gasteiger partial charge in [0.15, 0.2) is 6.10 Å². The Morgan fingerprint density at radius 3 is 2.11 bits per heavy atom. The molecule has 0 aliphatic carbocycles. The summed E-state index contributed by atoms with van der Waals surface area (Å²) in [5.74, 6) is -1.66. The van der Waals surface area contributed by atoms with Crippen molar-refractivity contribution in [3.8, 4) is 22.3 Å². The smallest absolute Gasteiger partial charge is 0.337 e. The maximum absolute atomic E-state index is 15.2. The van der Waals surface area contributed by atoms with Crippen molar-refractivity contribution in [2.24, 2.45) is 0 Å². The summed E-state index contributed by atoms with van der Waals surface area (Å²) in [5, 5.41) is 10.4. The number of sulfonamides is 1. The third kappa shape index (κ3) is 4.83. The number of nitrogens with zero attached hydrogens (tertiary/aromatic N) is 1. The standard InChI is InChI=1S/C30H34FNO5S/c1-16-9-12-20(13-10-16)24-18(3)25-23-17(2)11-14-22(31)21(23)15-32(38(8,35)36)27(25)19(4)26(24)28(29(33)34)37-30(5,6)7/h9-14,28H,15H2,1-8H3,(H,33,34)/t28-/m0/s1. The maximum Gasteiger partial charge on any atom is 0.337 e. The summed E-state index contributed by atoms with van der Waals surface area (Å²) >= 11 is 0. The van der Waals surface area contributed by atoms with Gasteiger partial charge in [0.05, 0.1) is 24.1 Å². The first-order chi connectivity index (χ1) is 17.5. The minimum atomic E-state index is -3.85. The van der Waals surface area contributed by atoms with E-state index in [9.17, 15) is 18.3 Å². The molecule has 202 valence electrons. The quantitative estimate of drug-likeness (QED) is 0.394. The number of aliphatic carboxylic acids is 1. The lowest BCUT2D eigenvalue weighted by Gasteiger charge is -2.38. The number of hydrogen-bond acceptors (Lipinski definition) is 4. The van der Waals surface area contributed by atoms with Crippen LogP contribution in [0.3, 0.4) is 0 Å². The van der Waals surface area contributed by atoms with Crippen LogP contribution < -0.4 is 4.31 Å². The molecule has 1 aliphatic heterocycles. The zero-order chi connectivity index (χ0) is 28.3. The van der Waals surface area contributed by atoms with Crippen molar-refractivity contribution in [3.63, 3.8) is 0 Å². The molecule has 0 aromatic heterocycles. The third-order valence-corrected chi connectivity index (χ3v) is 8.09. The first-order valence-corrected chi connectivity index (χ1v) is 14.3. The second-order valence-corrected chi connectivity index (χ2v) is 13.0. The van der Waals surface area contributed by atoms with Gasteiger partial charge in [-0.25, -0.2) is 17.6 Å². The largest absolute Gasteiger partial charge is 0.479 e. The number of hydrogen-bond donors (Lipinski definition) is 1. The predicted octanol–water partition coefficient (Wildman–Crippen LogP) is 6.61. The molecule has 0 fully saturated rings. The zero-order valence-corrected chi connectivity index (χ0v) is 23.9. The van der Waals surface area contributed by atoms with Crippen molar-refractivity contribution in [1.29, 1.82) is 0 Å². The van der Waals surface area contributed by atoms with Crippen LogP contribution >= 0.6 is 0 Å². The molecular weight excluding hydrogens is 505 g/mol. The third-order valence-electron chi connectivity index (χ3n) is 6.98. The number of ether oxygens (including phenoxy) is 1. The lowest BCUT2D eigenvalue weighted by molar-refractivity contribution is -0.160. The molecule has 1 aliphatic rings. The molecule has 0 bridgehead atoms. The summed E-state index contributed by atoms with van der Waals surface area (Å²) < 4.78 is 48.7. The second kappa shape index (κ2) is 9.50. The molecule has 3 aromatic carbocycles. The van der Waals surface area contributed by atoms with Gasteiger partial charge in [0.25, 0.3) is 0 Å². The van der Waals surface area contributed by atoms with Gasteiger partial charge in [-0.05, 0) is 87.9 Å². The van der Waals surface area contributed by atoms with Crippen LogP contribution in [-0.4, -0.2) is 31.4 Å². The molecule has 0 radical (unpaired) electrons. The minimum absolute atomic E-state index is 0.184. The normalized spacial score (nSPS) is 14.2. The van der Waals surface area contributed by atoms with Crippen LogP contribution in [0.25, 0.3) is 22.3 Å². The highest BCUT2D eigenvalue weighted by Crippen LogP contribution is 2.52. The van der Waals surface area contributed by atoms with E-state index in [0.717, 1.165) is 22.9 Å². The van der Waals surface area contributed by atoms with E-state index < -0.39 is 33.5 Å². The molecule has 0 spiro atoms. The fraction of sp³-hybridized carbons (Fsp3) is 0.367. The van der Waals surface area contributed by atoms with Gasteiger partial charge in [-0.1, -0.05) is 35.9 Å². The molecule has 1 heterocycles. The van der Waals surface area contributed by atoms with Gasteiger partial charge in [0.2, 0.25) is 10.0 Å². The van der Waals surface area contributed by atoms with E-state index >= 15 is 4.39 Å². The topological polar surface area (TPSA) is 83.9 Å². The van der Waals surface area contributed by atoms with Crippen molar-refractivity contribution >= 4 is 21.7 Å². The number of halogens is 1. The molecule has 8 heteroatoms. The van der Waals surface area contributed by atoms with Crippen LogP contribution in [0.1, 0.15) is 60.3 Å². The Morgan fingerprint density at radius 2 is 1.58 bits per heavy atom. The van der Waals surface area contributed by atoms with Crippen LogP contribution in [0.2, 0.25) is 0 Å². The number of carboxylic acid groups (broad SMARTS) is 1. The fourth-order valence-corrected chi connectivity index (χ4v) is 6.30. The van der Waals surface area contributed by atoms with Crippen LogP contribution in [0.4, 0.5) is 10.1 Å². The Kier molecular flexibility index (Phi) is 6.95. The first-order valence-electron chi connectivity index (χ1n) is 12.4. The van der Waals surface area contributed by atoms with E-state index in [1.54, 1.807) is 33.8 Å². The molecule has 1 atom stereocenters. The van der Waals surface area contributed by atoms with E-state index in [1.165, 1.54) is 10.4 Å². The Labute approximate surface area is 224 Å². The first kappa shape index (κ1) is 27.8. The Hall–Kier alpha value is -3.23. The van der Waals surface area contributed by atoms with Crippen molar-refractivity contribution in [3.05, 3.63) is 75.6 Å². The highest BCUT2D eigenvalue weighted by Gasteiger charge is 2.39. The average molecular weight is 540 g/mol. The van der Waals surface area contributed by atoms with Crippen molar-refractivity contribution in [1.82, 2.24) is 0 Å². The van der Waals surface area contributed by atoms with E-state index in [2.05, 4.69) is 0 Å². The van der Waals surface area contributed by atoms with Gasteiger partial charge >= 0.3 is 5.97 Å². The summed E-state index contributed by atoms with van der Waals surface area (Å²) in [4.78, 5) is 12.7. The zero-order valence-electron chi connectivity index (χ0n) is 23.1. The predicted molar refractivity (Wildman–Crippen MR) is 148 cm³/mol. The molecule has 0 saturated carbocycles. The minimum Gasteiger partial charge on any atom is -0.479 e. The summed E-state index contributed by atoms with van der Waals surface area (Å²) in [6.45, 7) is 12.6. The van der Waals surface area contributed by atoms with Gasteiger partial charge in [-0.15, -0.1) is 0 Å². The summed E-state index contributed by atoms with van der Waals surface area (Å²) in [6, 6.07) is 10.8. The number of fused-ring (bicyclic) bond motifs is 3. The molecule has 0 saturated heterocycles. The lowest BCUT2D eigenvalue weighted by Crippen LogP contribution is -2.35. The molecule has 1 N–H and O–H groups in total. The molecule has 6 nitrogen and oxygen atoms in total. The average Bonchev–Trinajstić information content (AvgIpc) is 2.80. The number of carboxylic acids is 1. The van der Waals surface area contributed by atoms with Gasteiger partial charge in [-0.2, -0.15) is 0 Å². The highest BCUT2D eigenvalue weighted by molar-refractivity contribution is 7.92. The number of rotatable bonds is 5.